The third kappa shape index (κ3) is 3.27. The summed E-state index contributed by atoms with van der Waals surface area (Å²) in [6.07, 6.45) is 8.39. The normalized spacial score (nSPS) is 18.1. The van der Waals surface area contributed by atoms with Crippen LogP contribution in [0.25, 0.3) is 0 Å². The zero-order chi connectivity index (χ0) is 12.1. The van der Waals surface area contributed by atoms with Crippen molar-refractivity contribution in [1.29, 1.82) is 0 Å². The van der Waals surface area contributed by atoms with E-state index in [1.165, 1.54) is 24.8 Å². The Bertz CT molecular complexity index is 330. The predicted octanol–water partition coefficient (Wildman–Crippen LogP) is 1.72. The molecule has 0 bridgehead atoms. The Morgan fingerprint density at radius 3 is 2.59 bits per heavy atom. The molecule has 0 aromatic carbocycles. The molecular weight excluding hydrogens is 212 g/mol. The molecule has 1 aromatic rings. The molecule has 1 aliphatic carbocycles. The fourth-order valence-corrected chi connectivity index (χ4v) is 2.56. The van der Waals surface area contributed by atoms with E-state index in [1.807, 2.05) is 12.4 Å². The first-order valence-corrected chi connectivity index (χ1v) is 6.42. The van der Waals surface area contributed by atoms with Crippen LogP contribution >= 0.6 is 0 Å². The first kappa shape index (κ1) is 12.5. The lowest BCUT2D eigenvalue weighted by molar-refractivity contribution is 0.0149. The Labute approximate surface area is 103 Å². The SMILES string of the molecule is CN(CCc1ccncc1)CC1(CO)CCC1. The predicted molar refractivity (Wildman–Crippen MR) is 68.8 cm³/mol. The van der Waals surface area contributed by atoms with Gasteiger partial charge in [-0.3, -0.25) is 4.98 Å². The van der Waals surface area contributed by atoms with Crippen molar-refractivity contribution in [3.63, 3.8) is 0 Å². The van der Waals surface area contributed by atoms with Gasteiger partial charge in [-0.25, -0.2) is 0 Å². The van der Waals surface area contributed by atoms with E-state index in [2.05, 4.69) is 29.1 Å². The van der Waals surface area contributed by atoms with Crippen LogP contribution in [0.15, 0.2) is 24.5 Å². The summed E-state index contributed by atoms with van der Waals surface area (Å²) in [4.78, 5) is 6.36. The van der Waals surface area contributed by atoms with Gasteiger partial charge in [0.15, 0.2) is 0 Å². The Hall–Kier alpha value is -0.930. The lowest BCUT2D eigenvalue weighted by Gasteiger charge is -2.43. The summed E-state index contributed by atoms with van der Waals surface area (Å²) in [5, 5.41) is 9.44. The van der Waals surface area contributed by atoms with E-state index in [0.29, 0.717) is 6.61 Å². The maximum atomic E-state index is 9.44. The first-order valence-electron chi connectivity index (χ1n) is 6.42. The molecule has 2 rings (SSSR count). The standard InChI is InChI=1S/C14H22N2O/c1-16(11-14(12-17)6-2-7-14)10-5-13-3-8-15-9-4-13/h3-4,8-9,17H,2,5-7,10-12H2,1H3. The molecule has 1 heterocycles. The van der Waals surface area contributed by atoms with Gasteiger partial charge in [-0.1, -0.05) is 6.42 Å². The molecule has 94 valence electrons. The minimum Gasteiger partial charge on any atom is -0.396 e. The lowest BCUT2D eigenvalue weighted by atomic mass is 9.69. The van der Waals surface area contributed by atoms with E-state index in [1.54, 1.807) is 0 Å². The van der Waals surface area contributed by atoms with Crippen molar-refractivity contribution in [3.05, 3.63) is 30.1 Å². The van der Waals surface area contributed by atoms with Crippen LogP contribution in [-0.2, 0) is 6.42 Å². The fourth-order valence-electron chi connectivity index (χ4n) is 2.56. The van der Waals surface area contributed by atoms with Crippen LogP contribution in [0.3, 0.4) is 0 Å². The number of aliphatic hydroxyl groups excluding tert-OH is 1. The number of hydrogen-bond donors (Lipinski definition) is 1. The molecule has 0 spiro atoms. The zero-order valence-corrected chi connectivity index (χ0v) is 10.6. The topological polar surface area (TPSA) is 36.4 Å². The molecule has 1 aromatic heterocycles. The summed E-state index contributed by atoms with van der Waals surface area (Å²) < 4.78 is 0. The third-order valence-corrected chi connectivity index (χ3v) is 3.89. The highest BCUT2D eigenvalue weighted by atomic mass is 16.3. The van der Waals surface area contributed by atoms with Crippen LogP contribution in [0.1, 0.15) is 24.8 Å². The summed E-state index contributed by atoms with van der Waals surface area (Å²) in [6.45, 7) is 2.41. The van der Waals surface area contributed by atoms with Gasteiger partial charge in [-0.15, -0.1) is 0 Å². The van der Waals surface area contributed by atoms with E-state index < -0.39 is 0 Å². The number of nitrogens with zero attached hydrogens (tertiary/aromatic N) is 2. The molecule has 1 N–H and O–H groups in total. The lowest BCUT2D eigenvalue weighted by Crippen LogP contribution is -2.44. The zero-order valence-electron chi connectivity index (χ0n) is 10.6. The summed E-state index contributed by atoms with van der Waals surface area (Å²) in [5.74, 6) is 0. The summed E-state index contributed by atoms with van der Waals surface area (Å²) in [6, 6.07) is 4.14. The van der Waals surface area contributed by atoms with Gasteiger partial charge >= 0.3 is 0 Å². The monoisotopic (exact) mass is 234 g/mol. The van der Waals surface area contributed by atoms with Crippen LogP contribution in [0.5, 0.6) is 0 Å². The van der Waals surface area contributed by atoms with Gasteiger partial charge in [-0.2, -0.15) is 0 Å². The molecule has 1 aliphatic rings. The number of aliphatic hydroxyl groups is 1. The van der Waals surface area contributed by atoms with Crippen LogP contribution in [0.4, 0.5) is 0 Å². The summed E-state index contributed by atoms with van der Waals surface area (Å²) >= 11 is 0. The Morgan fingerprint density at radius 1 is 1.35 bits per heavy atom. The van der Waals surface area contributed by atoms with Gasteiger partial charge in [0.2, 0.25) is 0 Å². The maximum absolute atomic E-state index is 9.44. The van der Waals surface area contributed by atoms with E-state index >= 15 is 0 Å². The van der Waals surface area contributed by atoms with Gasteiger partial charge in [0.1, 0.15) is 0 Å². The molecule has 0 amide bonds. The molecule has 1 saturated carbocycles. The largest absolute Gasteiger partial charge is 0.396 e. The second-order valence-corrected chi connectivity index (χ2v) is 5.35. The number of pyridine rings is 1. The molecule has 0 atom stereocenters. The molecule has 3 heteroatoms. The van der Waals surface area contributed by atoms with Crippen molar-refractivity contribution in [2.45, 2.75) is 25.7 Å². The van der Waals surface area contributed by atoms with E-state index in [4.69, 9.17) is 0 Å². The molecule has 3 nitrogen and oxygen atoms in total. The van der Waals surface area contributed by atoms with Crippen LogP contribution in [0, 0.1) is 5.41 Å². The van der Waals surface area contributed by atoms with Gasteiger partial charge in [0.05, 0.1) is 0 Å². The Morgan fingerprint density at radius 2 is 2.06 bits per heavy atom. The molecule has 0 unspecified atom stereocenters. The minimum atomic E-state index is 0.201. The maximum Gasteiger partial charge on any atom is 0.0499 e. The summed E-state index contributed by atoms with van der Waals surface area (Å²) in [5.41, 5.74) is 1.53. The molecule has 17 heavy (non-hydrogen) atoms. The summed E-state index contributed by atoms with van der Waals surface area (Å²) in [7, 11) is 2.15. The van der Waals surface area contributed by atoms with E-state index in [0.717, 1.165) is 19.5 Å². The Kier molecular flexibility index (Phi) is 4.13. The third-order valence-electron chi connectivity index (χ3n) is 3.89. The van der Waals surface area contributed by atoms with Crippen molar-refractivity contribution in [3.8, 4) is 0 Å². The molecule has 0 saturated heterocycles. The average molecular weight is 234 g/mol. The Balaban J connectivity index is 1.76. The quantitative estimate of drug-likeness (QED) is 0.814. The van der Waals surface area contributed by atoms with E-state index in [-0.39, 0.29) is 5.41 Å². The molecule has 0 radical (unpaired) electrons. The highest BCUT2D eigenvalue weighted by molar-refractivity contribution is 5.09. The molecule has 0 aliphatic heterocycles. The average Bonchev–Trinajstić information content (AvgIpc) is 2.33. The van der Waals surface area contributed by atoms with Gasteiger partial charge in [-0.05, 0) is 44.0 Å². The number of aromatic nitrogens is 1. The second kappa shape index (κ2) is 5.61. The van der Waals surface area contributed by atoms with Crippen molar-refractivity contribution < 1.29 is 5.11 Å². The van der Waals surface area contributed by atoms with Crippen LogP contribution in [0.2, 0.25) is 0 Å². The smallest absolute Gasteiger partial charge is 0.0499 e. The first-order chi connectivity index (χ1) is 8.24. The number of likely N-dealkylation sites (N-methyl/N-ethyl adjacent to an activating group) is 1. The molecule has 1 fully saturated rings. The van der Waals surface area contributed by atoms with Crippen molar-refractivity contribution in [2.24, 2.45) is 5.41 Å². The fraction of sp³-hybridized carbons (Fsp3) is 0.643. The van der Waals surface area contributed by atoms with E-state index in [9.17, 15) is 5.11 Å². The van der Waals surface area contributed by atoms with Crippen molar-refractivity contribution in [2.75, 3.05) is 26.7 Å². The van der Waals surface area contributed by atoms with Crippen molar-refractivity contribution in [1.82, 2.24) is 9.88 Å². The minimum absolute atomic E-state index is 0.201. The highest BCUT2D eigenvalue weighted by Gasteiger charge is 2.36. The van der Waals surface area contributed by atoms with Crippen LogP contribution in [-0.4, -0.2) is 41.7 Å². The number of rotatable bonds is 6. The second-order valence-electron chi connectivity index (χ2n) is 5.35. The highest BCUT2D eigenvalue weighted by Crippen LogP contribution is 2.40. The van der Waals surface area contributed by atoms with Gasteiger partial charge < -0.3 is 10.0 Å². The van der Waals surface area contributed by atoms with Crippen LogP contribution < -0.4 is 0 Å². The number of hydrogen-bond acceptors (Lipinski definition) is 3. The van der Waals surface area contributed by atoms with Gasteiger partial charge in [0, 0.05) is 37.5 Å². The van der Waals surface area contributed by atoms with Gasteiger partial charge in [0.25, 0.3) is 0 Å². The van der Waals surface area contributed by atoms with Crippen molar-refractivity contribution >= 4 is 0 Å². The molecular formula is C14H22N2O.